The zero-order valence-corrected chi connectivity index (χ0v) is 13.4. The number of aromatic amines is 1. The molecular formula is C17H14ClN3O3. The Labute approximate surface area is 142 Å². The van der Waals surface area contributed by atoms with Gasteiger partial charge in [0.05, 0.1) is 0 Å². The maximum absolute atomic E-state index is 12.7. The van der Waals surface area contributed by atoms with E-state index in [-0.39, 0.29) is 17.4 Å². The van der Waals surface area contributed by atoms with Crippen LogP contribution in [-0.2, 0) is 0 Å². The van der Waals surface area contributed by atoms with Crippen molar-refractivity contribution in [3.05, 3.63) is 63.2 Å². The van der Waals surface area contributed by atoms with E-state index < -0.39 is 5.63 Å². The van der Waals surface area contributed by atoms with Crippen LogP contribution in [0.2, 0.25) is 5.02 Å². The third-order valence-electron chi connectivity index (χ3n) is 4.36. The largest absolute Gasteiger partial charge is 0.422 e. The maximum Gasteiger partial charge on any atom is 0.349 e. The second-order valence-corrected chi connectivity index (χ2v) is 6.31. The molecular weight excluding hydrogens is 330 g/mol. The van der Waals surface area contributed by atoms with Crippen LogP contribution in [0, 0.1) is 0 Å². The predicted molar refractivity (Wildman–Crippen MR) is 89.3 cm³/mol. The van der Waals surface area contributed by atoms with Crippen LogP contribution in [0.25, 0.3) is 11.0 Å². The molecule has 0 bridgehead atoms. The molecule has 1 amide bonds. The number of hydrogen-bond acceptors (Lipinski definition) is 4. The quantitative estimate of drug-likeness (QED) is 0.726. The van der Waals surface area contributed by atoms with Gasteiger partial charge < -0.3 is 9.32 Å². The van der Waals surface area contributed by atoms with Crippen molar-refractivity contribution in [3.8, 4) is 0 Å². The van der Waals surface area contributed by atoms with E-state index in [2.05, 4.69) is 10.2 Å². The fraction of sp³-hybridized carbons (Fsp3) is 0.235. The zero-order valence-electron chi connectivity index (χ0n) is 12.7. The molecule has 3 aromatic rings. The minimum absolute atomic E-state index is 0.0371. The lowest BCUT2D eigenvalue weighted by Crippen LogP contribution is -2.32. The minimum atomic E-state index is -0.625. The molecule has 1 atom stereocenters. The van der Waals surface area contributed by atoms with Crippen molar-refractivity contribution in [1.29, 1.82) is 0 Å². The summed E-state index contributed by atoms with van der Waals surface area (Å²) in [5.74, 6) is -0.106. The van der Waals surface area contributed by atoms with Crippen molar-refractivity contribution < 1.29 is 9.21 Å². The van der Waals surface area contributed by atoms with E-state index in [0.717, 1.165) is 12.1 Å². The summed E-state index contributed by atoms with van der Waals surface area (Å²) in [6.45, 7) is 1.14. The standard InChI is InChI=1S/C17H14ClN3O3/c18-12-1-2-15-11(7-12)8-13(17(23)24-15)16(22)21-6-4-10(9-21)14-3-5-19-20-14/h1-3,5,7-8,10H,4,6,9H2,(H,19,20). The molecule has 122 valence electrons. The van der Waals surface area contributed by atoms with Gasteiger partial charge in [-0.2, -0.15) is 5.10 Å². The molecule has 1 N–H and O–H groups in total. The van der Waals surface area contributed by atoms with Crippen molar-refractivity contribution in [3.63, 3.8) is 0 Å². The third kappa shape index (κ3) is 2.59. The first-order valence-corrected chi connectivity index (χ1v) is 8.01. The van der Waals surface area contributed by atoms with E-state index >= 15 is 0 Å². The molecule has 0 spiro atoms. The van der Waals surface area contributed by atoms with Gasteiger partial charge in [0.15, 0.2) is 0 Å². The molecule has 1 aliphatic heterocycles. The van der Waals surface area contributed by atoms with E-state index in [1.54, 1.807) is 35.4 Å². The number of hydrogen-bond donors (Lipinski definition) is 1. The number of carbonyl (C=O) groups excluding carboxylic acids is 1. The van der Waals surface area contributed by atoms with Crippen LogP contribution in [0.4, 0.5) is 0 Å². The van der Waals surface area contributed by atoms with Crippen LogP contribution in [0.5, 0.6) is 0 Å². The SMILES string of the molecule is O=C(c1cc2cc(Cl)ccc2oc1=O)N1CCC(c2ccn[nH]2)C1. The van der Waals surface area contributed by atoms with Gasteiger partial charge in [0.25, 0.3) is 5.91 Å². The van der Waals surface area contributed by atoms with Gasteiger partial charge in [0.2, 0.25) is 0 Å². The summed E-state index contributed by atoms with van der Waals surface area (Å²) in [5, 5.41) is 8.04. The molecule has 1 aromatic carbocycles. The maximum atomic E-state index is 12.7. The Kier molecular flexibility index (Phi) is 3.61. The lowest BCUT2D eigenvalue weighted by molar-refractivity contribution is 0.0786. The fourth-order valence-electron chi connectivity index (χ4n) is 3.11. The molecule has 1 fully saturated rings. The van der Waals surface area contributed by atoms with Crippen molar-refractivity contribution >= 4 is 28.5 Å². The molecule has 0 aliphatic carbocycles. The average molecular weight is 344 g/mol. The third-order valence-corrected chi connectivity index (χ3v) is 4.60. The number of fused-ring (bicyclic) bond motifs is 1. The Hall–Kier alpha value is -2.60. The first-order valence-electron chi connectivity index (χ1n) is 7.64. The molecule has 1 aliphatic rings. The van der Waals surface area contributed by atoms with Crippen LogP contribution in [0.1, 0.15) is 28.4 Å². The summed E-state index contributed by atoms with van der Waals surface area (Å²) in [6.07, 6.45) is 2.53. The van der Waals surface area contributed by atoms with Crippen LogP contribution in [0.3, 0.4) is 0 Å². The summed E-state index contributed by atoms with van der Waals surface area (Å²) in [4.78, 5) is 26.6. The van der Waals surface area contributed by atoms with E-state index in [0.29, 0.717) is 29.1 Å². The summed E-state index contributed by atoms with van der Waals surface area (Å²) in [6, 6.07) is 8.40. The first-order chi connectivity index (χ1) is 11.6. The van der Waals surface area contributed by atoms with Crippen molar-refractivity contribution in [2.24, 2.45) is 0 Å². The normalized spacial score (nSPS) is 17.5. The van der Waals surface area contributed by atoms with E-state index in [1.165, 1.54) is 0 Å². The molecule has 24 heavy (non-hydrogen) atoms. The summed E-state index contributed by atoms with van der Waals surface area (Å²) < 4.78 is 5.25. The average Bonchev–Trinajstić information content (AvgIpc) is 3.25. The second kappa shape index (κ2) is 5.79. The fourth-order valence-corrected chi connectivity index (χ4v) is 3.29. The summed E-state index contributed by atoms with van der Waals surface area (Å²) >= 11 is 5.97. The molecule has 2 aromatic heterocycles. The topological polar surface area (TPSA) is 79.2 Å². The predicted octanol–water partition coefficient (Wildman–Crippen LogP) is 2.80. The van der Waals surface area contributed by atoms with Gasteiger partial charge in [-0.15, -0.1) is 0 Å². The number of likely N-dealkylation sites (tertiary alicyclic amines) is 1. The van der Waals surface area contributed by atoms with Gasteiger partial charge in [-0.3, -0.25) is 9.89 Å². The Bertz CT molecular complexity index is 965. The highest BCUT2D eigenvalue weighted by atomic mass is 35.5. The highest BCUT2D eigenvalue weighted by Gasteiger charge is 2.30. The smallest absolute Gasteiger partial charge is 0.349 e. The monoisotopic (exact) mass is 343 g/mol. The number of benzene rings is 1. The zero-order chi connectivity index (χ0) is 16.7. The lowest BCUT2D eigenvalue weighted by atomic mass is 10.1. The highest BCUT2D eigenvalue weighted by Crippen LogP contribution is 2.27. The van der Waals surface area contributed by atoms with Crippen molar-refractivity contribution in [1.82, 2.24) is 15.1 Å². The Balaban J connectivity index is 1.64. The van der Waals surface area contributed by atoms with Crippen molar-refractivity contribution in [2.75, 3.05) is 13.1 Å². The minimum Gasteiger partial charge on any atom is -0.422 e. The summed E-state index contributed by atoms with van der Waals surface area (Å²) in [7, 11) is 0. The van der Waals surface area contributed by atoms with Crippen LogP contribution < -0.4 is 5.63 Å². The van der Waals surface area contributed by atoms with Gasteiger partial charge in [-0.05, 0) is 36.8 Å². The van der Waals surface area contributed by atoms with Gasteiger partial charge in [-0.1, -0.05) is 11.6 Å². The molecule has 1 saturated heterocycles. The van der Waals surface area contributed by atoms with E-state index in [9.17, 15) is 9.59 Å². The Morgan fingerprint density at radius 2 is 2.21 bits per heavy atom. The molecule has 6 nitrogen and oxygen atoms in total. The number of amides is 1. The van der Waals surface area contributed by atoms with Crippen LogP contribution >= 0.6 is 11.6 Å². The van der Waals surface area contributed by atoms with E-state index in [4.69, 9.17) is 16.0 Å². The van der Waals surface area contributed by atoms with Gasteiger partial charge >= 0.3 is 5.63 Å². The number of H-pyrrole nitrogens is 1. The first kappa shape index (κ1) is 15.0. The molecule has 4 rings (SSSR count). The van der Waals surface area contributed by atoms with Gasteiger partial charge in [0, 0.05) is 41.3 Å². The lowest BCUT2D eigenvalue weighted by Gasteiger charge is -2.15. The Morgan fingerprint density at radius 1 is 1.33 bits per heavy atom. The molecule has 0 saturated carbocycles. The van der Waals surface area contributed by atoms with Crippen LogP contribution in [-0.4, -0.2) is 34.1 Å². The number of aromatic nitrogens is 2. The second-order valence-electron chi connectivity index (χ2n) is 5.88. The van der Waals surface area contributed by atoms with Crippen molar-refractivity contribution in [2.45, 2.75) is 12.3 Å². The number of rotatable bonds is 2. The summed E-state index contributed by atoms with van der Waals surface area (Å²) in [5.41, 5.74) is 0.829. The molecule has 7 heteroatoms. The number of carbonyl (C=O) groups is 1. The van der Waals surface area contributed by atoms with E-state index in [1.807, 2.05) is 6.07 Å². The van der Waals surface area contributed by atoms with Gasteiger partial charge in [-0.25, -0.2) is 4.79 Å². The molecule has 1 unspecified atom stereocenters. The number of nitrogens with zero attached hydrogens (tertiary/aromatic N) is 2. The Morgan fingerprint density at radius 3 is 3.00 bits per heavy atom. The van der Waals surface area contributed by atoms with Crippen LogP contribution in [0.15, 0.2) is 45.7 Å². The number of halogens is 1. The van der Waals surface area contributed by atoms with Gasteiger partial charge in [0.1, 0.15) is 11.1 Å². The molecule has 3 heterocycles. The molecule has 0 radical (unpaired) electrons. The highest BCUT2D eigenvalue weighted by molar-refractivity contribution is 6.31. The number of nitrogens with one attached hydrogen (secondary N) is 1.